The van der Waals surface area contributed by atoms with E-state index in [-0.39, 0.29) is 24.5 Å². The number of benzene rings is 2. The van der Waals surface area contributed by atoms with Crippen molar-refractivity contribution in [1.82, 2.24) is 5.32 Å². The number of amides is 1. The summed E-state index contributed by atoms with van der Waals surface area (Å²) in [6.07, 6.45) is 5.37. The highest BCUT2D eigenvalue weighted by Gasteiger charge is 2.46. The van der Waals surface area contributed by atoms with E-state index in [0.717, 1.165) is 36.1 Å². The molecule has 4 rings (SSSR count). The molecule has 0 unspecified atom stereocenters. The van der Waals surface area contributed by atoms with Crippen molar-refractivity contribution < 1.29 is 9.90 Å². The molecule has 2 aliphatic rings. The van der Waals surface area contributed by atoms with Crippen LogP contribution in [-0.2, 0) is 11.2 Å². The molecule has 0 bridgehead atoms. The number of carbonyl (C=O) groups is 1. The molecule has 1 saturated carbocycles. The Bertz CT molecular complexity index is 857. The first-order chi connectivity index (χ1) is 13.7. The van der Waals surface area contributed by atoms with Crippen molar-refractivity contribution >= 4 is 17.7 Å². The van der Waals surface area contributed by atoms with Gasteiger partial charge in [-0.15, -0.1) is 11.8 Å². The van der Waals surface area contributed by atoms with Gasteiger partial charge in [0, 0.05) is 17.6 Å². The maximum Gasteiger partial charge on any atom is 0.224 e. The minimum absolute atomic E-state index is 0.0664. The summed E-state index contributed by atoms with van der Waals surface area (Å²) in [7, 11) is 0. The highest BCUT2D eigenvalue weighted by molar-refractivity contribution is 8.03. The molecule has 0 radical (unpaired) electrons. The molecule has 0 aromatic heterocycles. The van der Waals surface area contributed by atoms with Gasteiger partial charge in [-0.1, -0.05) is 61.5 Å². The molecule has 2 aromatic rings. The van der Waals surface area contributed by atoms with E-state index in [9.17, 15) is 9.90 Å². The predicted octanol–water partition coefficient (Wildman–Crippen LogP) is 4.72. The molecule has 28 heavy (non-hydrogen) atoms. The normalized spacial score (nSPS) is 21.9. The average molecular weight is 394 g/mol. The quantitative estimate of drug-likeness (QED) is 0.715. The lowest BCUT2D eigenvalue weighted by Gasteiger charge is -2.17. The van der Waals surface area contributed by atoms with Crippen LogP contribution in [0, 0.1) is 11.8 Å². The van der Waals surface area contributed by atoms with Crippen LogP contribution in [0.1, 0.15) is 36.9 Å². The van der Waals surface area contributed by atoms with Gasteiger partial charge >= 0.3 is 0 Å². The molecule has 1 heterocycles. The molecule has 2 aromatic carbocycles. The first-order valence-electron chi connectivity index (χ1n) is 10.1. The number of allylic oxidation sites excluding steroid dienone is 2. The van der Waals surface area contributed by atoms with E-state index in [4.69, 9.17) is 0 Å². The Labute approximate surface area is 171 Å². The third kappa shape index (κ3) is 4.18. The maximum atomic E-state index is 12.6. The number of aryl methyl sites for hydroxylation is 1. The number of aliphatic hydroxyl groups is 1. The van der Waals surface area contributed by atoms with Gasteiger partial charge in [-0.25, -0.2) is 0 Å². The third-order valence-corrected chi connectivity index (χ3v) is 6.97. The zero-order valence-electron chi connectivity index (χ0n) is 16.2. The fourth-order valence-electron chi connectivity index (χ4n) is 3.85. The van der Waals surface area contributed by atoms with E-state index in [1.165, 1.54) is 16.0 Å². The molecule has 1 aliphatic heterocycles. The van der Waals surface area contributed by atoms with Crippen LogP contribution in [0.4, 0.5) is 0 Å². The Morgan fingerprint density at radius 3 is 2.39 bits per heavy atom. The van der Waals surface area contributed by atoms with Crippen LogP contribution in [0.5, 0.6) is 0 Å². The predicted molar refractivity (Wildman–Crippen MR) is 116 cm³/mol. The Hall–Kier alpha value is -2.04. The first-order valence-corrected chi connectivity index (χ1v) is 11.1. The van der Waals surface area contributed by atoms with E-state index in [1.54, 1.807) is 0 Å². The van der Waals surface area contributed by atoms with Crippen LogP contribution in [0.2, 0.25) is 0 Å². The number of thioether (sulfide) groups is 1. The molecule has 2 N–H and O–H groups in total. The molecular weight excluding hydrogens is 366 g/mol. The molecular formula is C24H27NO2S. The maximum absolute atomic E-state index is 12.6. The Balaban J connectivity index is 1.39. The van der Waals surface area contributed by atoms with Gasteiger partial charge in [0.2, 0.25) is 5.91 Å². The van der Waals surface area contributed by atoms with Gasteiger partial charge in [-0.3, -0.25) is 4.79 Å². The topological polar surface area (TPSA) is 49.3 Å². The van der Waals surface area contributed by atoms with Crippen molar-refractivity contribution in [1.29, 1.82) is 0 Å². The van der Waals surface area contributed by atoms with E-state index in [2.05, 4.69) is 54.7 Å². The van der Waals surface area contributed by atoms with Gasteiger partial charge in [0.15, 0.2) is 0 Å². The minimum atomic E-state index is -0.351. The number of carbonyl (C=O) groups excluding carboxylic acids is 1. The van der Waals surface area contributed by atoms with Crippen LogP contribution in [0.15, 0.2) is 59.5 Å². The molecule has 1 aliphatic carbocycles. The lowest BCUT2D eigenvalue weighted by molar-refractivity contribution is -0.123. The first kappa shape index (κ1) is 19.3. The van der Waals surface area contributed by atoms with Crippen LogP contribution >= 0.6 is 11.8 Å². The second-order valence-electron chi connectivity index (χ2n) is 7.61. The van der Waals surface area contributed by atoms with Crippen molar-refractivity contribution in [3.8, 4) is 11.1 Å². The smallest absolute Gasteiger partial charge is 0.224 e. The summed E-state index contributed by atoms with van der Waals surface area (Å²) in [4.78, 5) is 14.0. The van der Waals surface area contributed by atoms with E-state index in [0.29, 0.717) is 5.92 Å². The Morgan fingerprint density at radius 2 is 1.82 bits per heavy atom. The van der Waals surface area contributed by atoms with Crippen molar-refractivity contribution in [2.24, 2.45) is 11.8 Å². The summed E-state index contributed by atoms with van der Waals surface area (Å²) in [5.41, 5.74) is 4.59. The summed E-state index contributed by atoms with van der Waals surface area (Å²) in [6, 6.07) is 16.4. The van der Waals surface area contributed by atoms with Crippen LogP contribution in [0.25, 0.3) is 11.1 Å². The largest absolute Gasteiger partial charge is 0.394 e. The summed E-state index contributed by atoms with van der Waals surface area (Å²) in [5.74, 6) is 1.69. The van der Waals surface area contributed by atoms with Gasteiger partial charge in [-0.2, -0.15) is 0 Å². The van der Waals surface area contributed by atoms with Crippen molar-refractivity contribution in [2.75, 3.05) is 12.4 Å². The van der Waals surface area contributed by atoms with Crippen LogP contribution < -0.4 is 5.32 Å². The zero-order valence-corrected chi connectivity index (χ0v) is 17.0. The molecule has 4 heteroatoms. The Morgan fingerprint density at radius 1 is 1.14 bits per heavy atom. The van der Waals surface area contributed by atoms with Gasteiger partial charge in [0.25, 0.3) is 0 Å². The Kier molecular flexibility index (Phi) is 5.88. The van der Waals surface area contributed by atoms with Gasteiger partial charge in [0.1, 0.15) is 0 Å². The van der Waals surface area contributed by atoms with E-state index >= 15 is 0 Å². The molecule has 1 amide bonds. The number of hydrogen-bond donors (Lipinski definition) is 2. The van der Waals surface area contributed by atoms with Crippen molar-refractivity contribution in [2.45, 2.75) is 32.2 Å². The standard InChI is InChI=1S/C24H27NO2S/c1-2-16-5-7-17(8-6-16)18-9-11-19(12-10-18)22(15-26)25-24(27)21-14-20(21)23-4-3-13-28-23/h4-12,20-22,26H,2-3,13-15H2,1H3,(H,25,27)/t20-,21-,22-/m0/s1. The summed E-state index contributed by atoms with van der Waals surface area (Å²) in [6.45, 7) is 2.06. The van der Waals surface area contributed by atoms with Gasteiger partial charge in [0.05, 0.1) is 12.6 Å². The summed E-state index contributed by atoms with van der Waals surface area (Å²) in [5, 5.41) is 12.9. The van der Waals surface area contributed by atoms with Crippen molar-refractivity contribution in [3.63, 3.8) is 0 Å². The molecule has 0 spiro atoms. The molecule has 146 valence electrons. The molecule has 0 saturated heterocycles. The number of rotatable bonds is 7. The fraction of sp³-hybridized carbons (Fsp3) is 0.375. The van der Waals surface area contributed by atoms with Gasteiger partial charge < -0.3 is 10.4 Å². The number of aliphatic hydroxyl groups excluding tert-OH is 1. The van der Waals surface area contributed by atoms with Crippen LogP contribution in [0.3, 0.4) is 0 Å². The van der Waals surface area contributed by atoms with Gasteiger partial charge in [-0.05, 0) is 46.4 Å². The van der Waals surface area contributed by atoms with Crippen LogP contribution in [-0.4, -0.2) is 23.4 Å². The number of nitrogens with one attached hydrogen (secondary N) is 1. The van der Waals surface area contributed by atoms with E-state index < -0.39 is 0 Å². The summed E-state index contributed by atoms with van der Waals surface area (Å²) >= 11 is 1.89. The third-order valence-electron chi connectivity index (χ3n) is 5.73. The molecule has 3 nitrogen and oxygen atoms in total. The lowest BCUT2D eigenvalue weighted by Crippen LogP contribution is -2.32. The molecule has 1 fully saturated rings. The zero-order chi connectivity index (χ0) is 19.5. The highest BCUT2D eigenvalue weighted by Crippen LogP contribution is 2.50. The van der Waals surface area contributed by atoms with Crippen molar-refractivity contribution in [3.05, 3.63) is 70.6 Å². The second-order valence-corrected chi connectivity index (χ2v) is 8.78. The monoisotopic (exact) mass is 393 g/mol. The fourth-order valence-corrected chi connectivity index (χ4v) is 5.03. The minimum Gasteiger partial charge on any atom is -0.394 e. The van der Waals surface area contributed by atoms with E-state index in [1.807, 2.05) is 23.9 Å². The SMILES string of the molecule is CCc1ccc(-c2ccc([C@H](CO)NC(=O)[C@H]3C[C@@H]3C3=CCCS3)cc2)cc1. The average Bonchev–Trinajstić information content (AvgIpc) is 3.37. The summed E-state index contributed by atoms with van der Waals surface area (Å²) < 4.78 is 0. The second kappa shape index (κ2) is 8.54. The lowest BCUT2D eigenvalue weighted by atomic mass is 9.99. The number of hydrogen-bond acceptors (Lipinski definition) is 3. The molecule has 3 atom stereocenters. The highest BCUT2D eigenvalue weighted by atomic mass is 32.2.